The lowest BCUT2D eigenvalue weighted by Gasteiger charge is -2.32. The molecular formula is C29H38N3O4S+. The predicted octanol–water partition coefficient (Wildman–Crippen LogP) is 2.55. The zero-order chi connectivity index (χ0) is 27.2. The van der Waals surface area contributed by atoms with Gasteiger partial charge >= 0.3 is 5.91 Å². The Labute approximate surface area is 220 Å². The van der Waals surface area contributed by atoms with E-state index in [4.69, 9.17) is 5.73 Å². The first-order chi connectivity index (χ1) is 17.5. The number of aliphatic hydroxyl groups excluding tert-OH is 1. The van der Waals surface area contributed by atoms with E-state index in [0.29, 0.717) is 22.6 Å². The molecule has 8 heteroatoms. The van der Waals surface area contributed by atoms with Crippen LogP contribution in [0.4, 0.5) is 5.69 Å². The van der Waals surface area contributed by atoms with E-state index in [9.17, 15) is 18.3 Å². The molecule has 0 fully saturated rings. The second-order valence-corrected chi connectivity index (χ2v) is 11.9. The maximum Gasteiger partial charge on any atom is 0.344 e. The summed E-state index contributed by atoms with van der Waals surface area (Å²) in [5.41, 5.74) is 8.62. The van der Waals surface area contributed by atoms with Crippen molar-refractivity contribution in [3.05, 3.63) is 95.6 Å². The predicted molar refractivity (Wildman–Crippen MR) is 147 cm³/mol. The summed E-state index contributed by atoms with van der Waals surface area (Å²) in [6.07, 6.45) is -0.696. The van der Waals surface area contributed by atoms with Gasteiger partial charge < -0.3 is 10.8 Å². The molecule has 1 unspecified atom stereocenters. The van der Waals surface area contributed by atoms with Crippen LogP contribution in [0.5, 0.6) is 0 Å². The molecule has 0 radical (unpaired) electrons. The molecule has 0 bridgehead atoms. The molecule has 0 aliphatic carbocycles. The Morgan fingerprint density at radius 3 is 2.14 bits per heavy atom. The number of carbonyl (C=O) groups is 1. The number of nitrogen functional groups attached to an aromatic ring is 1. The largest absolute Gasteiger partial charge is 0.399 e. The second-order valence-electron chi connectivity index (χ2n) is 9.98. The molecule has 0 aliphatic heterocycles. The Morgan fingerprint density at radius 1 is 0.946 bits per heavy atom. The number of aliphatic hydroxyl groups is 1. The lowest BCUT2D eigenvalue weighted by Crippen LogP contribution is -3.17. The zero-order valence-electron chi connectivity index (χ0n) is 22.0. The second kappa shape index (κ2) is 12.5. The summed E-state index contributed by atoms with van der Waals surface area (Å²) in [5.74, 6) is -0.114. The van der Waals surface area contributed by atoms with Gasteiger partial charge in [0.1, 0.15) is 12.1 Å². The molecule has 0 spiro atoms. The lowest BCUT2D eigenvalue weighted by molar-refractivity contribution is -0.825. The number of quaternary nitrogens is 1. The highest BCUT2D eigenvalue weighted by atomic mass is 32.2. The molecule has 7 nitrogen and oxygen atoms in total. The highest BCUT2D eigenvalue weighted by Gasteiger charge is 2.37. The van der Waals surface area contributed by atoms with Crippen LogP contribution in [0.3, 0.4) is 0 Å². The molecule has 3 rings (SSSR count). The molecule has 3 aromatic carbocycles. The minimum absolute atomic E-state index is 0.0296. The quantitative estimate of drug-likeness (QED) is 0.335. The number of benzene rings is 3. The Bertz CT molecular complexity index is 1280. The van der Waals surface area contributed by atoms with Gasteiger partial charge in [-0.2, -0.15) is 4.31 Å². The van der Waals surface area contributed by atoms with E-state index in [1.807, 2.05) is 69.3 Å². The molecule has 0 aliphatic rings. The fraction of sp³-hybridized carbons (Fsp3) is 0.345. The Hall–Kier alpha value is -3.04. The molecule has 3 aromatic rings. The number of nitrogens with two attached hydrogens (primary N) is 1. The summed E-state index contributed by atoms with van der Waals surface area (Å²) >= 11 is 0. The van der Waals surface area contributed by atoms with Gasteiger partial charge in [-0.05, 0) is 54.3 Å². The molecular weight excluding hydrogens is 486 g/mol. The smallest absolute Gasteiger partial charge is 0.344 e. The molecule has 0 aromatic heterocycles. The van der Waals surface area contributed by atoms with Crippen molar-refractivity contribution < 1.29 is 23.2 Å². The number of amides is 1. The van der Waals surface area contributed by atoms with Crippen LogP contribution in [0.25, 0.3) is 0 Å². The number of carbonyl (C=O) groups excluding carboxylic acids is 1. The monoisotopic (exact) mass is 524 g/mol. The molecule has 0 saturated carbocycles. The number of aryl methyl sites for hydroxylation is 1. The first-order valence-corrected chi connectivity index (χ1v) is 14.0. The minimum Gasteiger partial charge on any atom is -0.399 e. The lowest BCUT2D eigenvalue weighted by atomic mass is 9.98. The van der Waals surface area contributed by atoms with E-state index in [2.05, 4.69) is 0 Å². The number of hydrogen-bond acceptors (Lipinski definition) is 5. The fourth-order valence-corrected chi connectivity index (χ4v) is 6.08. The Kier molecular flexibility index (Phi) is 9.62. The van der Waals surface area contributed by atoms with Crippen LogP contribution >= 0.6 is 0 Å². The van der Waals surface area contributed by atoms with Crippen LogP contribution < -0.4 is 10.6 Å². The van der Waals surface area contributed by atoms with Crippen LogP contribution in [0, 0.1) is 12.8 Å². The third-order valence-electron chi connectivity index (χ3n) is 6.54. The first kappa shape index (κ1) is 28.5. The molecule has 4 N–H and O–H groups in total. The molecule has 37 heavy (non-hydrogen) atoms. The van der Waals surface area contributed by atoms with E-state index >= 15 is 0 Å². The van der Waals surface area contributed by atoms with Crippen LogP contribution in [0.2, 0.25) is 0 Å². The number of rotatable bonds is 11. The van der Waals surface area contributed by atoms with Crippen LogP contribution in [-0.2, 0) is 16.4 Å². The first-order valence-electron chi connectivity index (χ1n) is 12.5. The number of anilines is 1. The van der Waals surface area contributed by atoms with E-state index in [1.165, 1.54) is 16.4 Å². The highest BCUT2D eigenvalue weighted by Crippen LogP contribution is 2.20. The Morgan fingerprint density at radius 2 is 1.54 bits per heavy atom. The van der Waals surface area contributed by atoms with Crippen molar-refractivity contribution in [2.75, 3.05) is 25.9 Å². The fourth-order valence-electron chi connectivity index (χ4n) is 4.46. The number of nitrogens with one attached hydrogen (secondary N) is 1. The van der Waals surface area contributed by atoms with Gasteiger partial charge in [0, 0.05) is 25.2 Å². The maximum atomic E-state index is 13.6. The van der Waals surface area contributed by atoms with Crippen molar-refractivity contribution in [3.63, 3.8) is 0 Å². The number of likely N-dealkylation sites (N-methyl/N-ethyl adjacent to an activating group) is 1. The number of nitrogens with zero attached hydrogens (tertiary/aromatic N) is 1. The van der Waals surface area contributed by atoms with E-state index in [1.54, 1.807) is 25.2 Å². The number of hydrogen-bond donors (Lipinski definition) is 3. The average Bonchev–Trinajstić information content (AvgIpc) is 2.87. The maximum absolute atomic E-state index is 13.6. The highest BCUT2D eigenvalue weighted by molar-refractivity contribution is 7.89. The molecule has 0 heterocycles. The molecule has 1 amide bonds. The summed E-state index contributed by atoms with van der Waals surface area (Å²) in [4.78, 5) is 14.1. The SMILES string of the molecule is Cc1ccccc1C(=O)[NH+](C)[C@@H](Cc1ccccc1)[C@H](O)CN(CC(C)C)S(=O)(=O)c1ccc(N)cc1. The minimum atomic E-state index is -3.90. The van der Waals surface area contributed by atoms with Crippen molar-refractivity contribution in [2.24, 2.45) is 5.92 Å². The van der Waals surface area contributed by atoms with Crippen molar-refractivity contribution in [1.29, 1.82) is 0 Å². The summed E-state index contributed by atoms with van der Waals surface area (Å²) in [6, 6.07) is 22.5. The Balaban J connectivity index is 1.95. The summed E-state index contributed by atoms with van der Waals surface area (Å²) in [5, 5.41) is 11.5. The summed E-state index contributed by atoms with van der Waals surface area (Å²) in [7, 11) is -2.15. The van der Waals surface area contributed by atoms with E-state index in [0.717, 1.165) is 11.1 Å². The van der Waals surface area contributed by atoms with Gasteiger partial charge in [0.05, 0.1) is 17.5 Å². The number of sulfonamides is 1. The van der Waals surface area contributed by atoms with Gasteiger partial charge in [0.25, 0.3) is 0 Å². The standard InChI is InChI=1S/C29H37N3O4S/c1-21(2)19-32(37(35,36)25-16-14-24(30)15-17-25)20-28(33)27(18-23-11-6-5-7-12-23)31(4)29(34)26-13-9-8-10-22(26)3/h5-17,21,27-28,33H,18-20,30H2,1-4H3/p+1/t27-,28+/m0/s1. The topological polar surface area (TPSA) is 105 Å². The van der Waals surface area contributed by atoms with E-state index < -0.39 is 22.2 Å². The van der Waals surface area contributed by atoms with Gasteiger partial charge in [0.15, 0.2) is 0 Å². The summed E-state index contributed by atoms with van der Waals surface area (Å²) in [6.45, 7) is 5.83. The van der Waals surface area contributed by atoms with Crippen LogP contribution in [-0.4, -0.2) is 56.0 Å². The van der Waals surface area contributed by atoms with E-state index in [-0.39, 0.29) is 29.8 Å². The van der Waals surface area contributed by atoms with Crippen molar-refractivity contribution >= 4 is 21.6 Å². The third kappa shape index (κ3) is 7.26. The van der Waals surface area contributed by atoms with Gasteiger partial charge in [-0.15, -0.1) is 0 Å². The molecule has 0 saturated heterocycles. The van der Waals surface area contributed by atoms with Crippen LogP contribution in [0.1, 0.15) is 35.3 Å². The van der Waals surface area contributed by atoms with Gasteiger partial charge in [0.2, 0.25) is 10.0 Å². The third-order valence-corrected chi connectivity index (χ3v) is 8.39. The molecule has 3 atom stereocenters. The van der Waals surface area contributed by atoms with Crippen molar-refractivity contribution in [2.45, 2.75) is 44.2 Å². The average molecular weight is 525 g/mol. The summed E-state index contributed by atoms with van der Waals surface area (Å²) < 4.78 is 28.4. The van der Waals surface area contributed by atoms with Crippen molar-refractivity contribution in [1.82, 2.24) is 4.31 Å². The molecule has 198 valence electrons. The van der Waals surface area contributed by atoms with Gasteiger partial charge in [-0.25, -0.2) is 13.2 Å². The van der Waals surface area contributed by atoms with Crippen LogP contribution in [0.15, 0.2) is 83.8 Å². The zero-order valence-corrected chi connectivity index (χ0v) is 22.8. The van der Waals surface area contributed by atoms with Gasteiger partial charge in [-0.1, -0.05) is 62.4 Å². The van der Waals surface area contributed by atoms with Gasteiger partial charge in [-0.3, -0.25) is 4.90 Å². The normalized spacial score (nSPS) is 14.5. The van der Waals surface area contributed by atoms with Crippen molar-refractivity contribution in [3.8, 4) is 0 Å².